The van der Waals surface area contributed by atoms with Gasteiger partial charge < -0.3 is 19.4 Å². The molecule has 2 rings (SSSR count). The number of nitrogens with one attached hydrogen (secondary N) is 1. The van der Waals surface area contributed by atoms with Crippen LogP contribution in [0.15, 0.2) is 17.2 Å². The SMILES string of the molecule is CCn1ccnc(OCC2CNCC(C)O2)c1=O. The van der Waals surface area contributed by atoms with Crippen LogP contribution in [-0.4, -0.2) is 41.5 Å². The molecule has 6 heteroatoms. The molecule has 2 heterocycles. The van der Waals surface area contributed by atoms with E-state index in [1.54, 1.807) is 17.0 Å². The molecule has 0 aromatic carbocycles. The summed E-state index contributed by atoms with van der Waals surface area (Å²) in [5, 5.41) is 3.25. The summed E-state index contributed by atoms with van der Waals surface area (Å²) in [6.45, 7) is 6.44. The molecule has 1 fully saturated rings. The molecule has 2 unspecified atom stereocenters. The van der Waals surface area contributed by atoms with Crippen molar-refractivity contribution in [3.8, 4) is 5.88 Å². The van der Waals surface area contributed by atoms with Gasteiger partial charge in [-0.25, -0.2) is 4.98 Å². The molecule has 100 valence electrons. The molecule has 2 atom stereocenters. The number of morpholine rings is 1. The summed E-state index contributed by atoms with van der Waals surface area (Å²) in [5.74, 6) is 0.140. The Bertz CT molecular complexity index is 446. The molecule has 1 aromatic rings. The van der Waals surface area contributed by atoms with E-state index in [4.69, 9.17) is 9.47 Å². The van der Waals surface area contributed by atoms with Crippen LogP contribution in [0.4, 0.5) is 0 Å². The van der Waals surface area contributed by atoms with Crippen molar-refractivity contribution in [2.24, 2.45) is 0 Å². The van der Waals surface area contributed by atoms with E-state index < -0.39 is 0 Å². The number of hydrogen-bond acceptors (Lipinski definition) is 5. The van der Waals surface area contributed by atoms with Crippen molar-refractivity contribution in [1.82, 2.24) is 14.9 Å². The third-order valence-electron chi connectivity index (χ3n) is 2.86. The zero-order valence-corrected chi connectivity index (χ0v) is 10.8. The number of nitrogens with zero attached hydrogens (tertiary/aromatic N) is 2. The quantitative estimate of drug-likeness (QED) is 0.819. The summed E-state index contributed by atoms with van der Waals surface area (Å²) in [5.41, 5.74) is -0.197. The first kappa shape index (κ1) is 13.0. The number of aryl methyl sites for hydroxylation is 1. The average molecular weight is 253 g/mol. The normalized spacial score (nSPS) is 23.9. The van der Waals surface area contributed by atoms with Crippen LogP contribution in [0, 0.1) is 0 Å². The van der Waals surface area contributed by atoms with Gasteiger partial charge in [-0.2, -0.15) is 0 Å². The Morgan fingerprint density at radius 1 is 1.61 bits per heavy atom. The van der Waals surface area contributed by atoms with E-state index in [-0.39, 0.29) is 23.6 Å². The molecule has 1 aliphatic rings. The lowest BCUT2D eigenvalue weighted by molar-refractivity contribution is -0.0479. The highest BCUT2D eigenvalue weighted by Gasteiger charge is 2.20. The van der Waals surface area contributed by atoms with Gasteiger partial charge in [0.2, 0.25) is 0 Å². The highest BCUT2D eigenvalue weighted by Crippen LogP contribution is 2.05. The molecule has 0 bridgehead atoms. The second-order valence-electron chi connectivity index (χ2n) is 4.36. The van der Waals surface area contributed by atoms with E-state index in [1.807, 2.05) is 13.8 Å². The zero-order valence-electron chi connectivity index (χ0n) is 10.8. The fourth-order valence-corrected chi connectivity index (χ4v) is 1.92. The van der Waals surface area contributed by atoms with Gasteiger partial charge in [0.1, 0.15) is 12.7 Å². The van der Waals surface area contributed by atoms with Gasteiger partial charge in [-0.3, -0.25) is 4.79 Å². The monoisotopic (exact) mass is 253 g/mol. The van der Waals surface area contributed by atoms with Crippen molar-refractivity contribution in [2.45, 2.75) is 32.6 Å². The van der Waals surface area contributed by atoms with Crippen LogP contribution in [-0.2, 0) is 11.3 Å². The largest absolute Gasteiger partial charge is 0.471 e. The molecule has 0 saturated carbocycles. The van der Waals surface area contributed by atoms with E-state index >= 15 is 0 Å². The summed E-state index contributed by atoms with van der Waals surface area (Å²) < 4.78 is 12.7. The lowest BCUT2D eigenvalue weighted by Crippen LogP contribution is -2.46. The Morgan fingerprint density at radius 2 is 2.44 bits per heavy atom. The molecule has 0 amide bonds. The van der Waals surface area contributed by atoms with Crippen molar-refractivity contribution < 1.29 is 9.47 Å². The standard InChI is InChI=1S/C12H19N3O3/c1-3-15-5-4-14-11(12(15)16)17-8-10-7-13-6-9(2)18-10/h4-5,9-10,13H,3,6-8H2,1-2H3. The Balaban J connectivity index is 1.96. The molecule has 1 saturated heterocycles. The van der Waals surface area contributed by atoms with Gasteiger partial charge in [-0.15, -0.1) is 0 Å². The third kappa shape index (κ3) is 3.08. The van der Waals surface area contributed by atoms with Gasteiger partial charge in [-0.05, 0) is 13.8 Å². The Morgan fingerprint density at radius 3 is 3.17 bits per heavy atom. The summed E-state index contributed by atoms with van der Waals surface area (Å²) >= 11 is 0. The summed E-state index contributed by atoms with van der Waals surface area (Å²) in [6, 6.07) is 0. The maximum Gasteiger partial charge on any atom is 0.313 e. The number of aromatic nitrogens is 2. The van der Waals surface area contributed by atoms with E-state index in [1.165, 1.54) is 0 Å². The maximum atomic E-state index is 11.9. The fourth-order valence-electron chi connectivity index (χ4n) is 1.92. The van der Waals surface area contributed by atoms with Crippen molar-refractivity contribution in [3.63, 3.8) is 0 Å². The highest BCUT2D eigenvalue weighted by molar-refractivity contribution is 5.04. The van der Waals surface area contributed by atoms with Crippen LogP contribution in [0.5, 0.6) is 5.88 Å². The summed E-state index contributed by atoms with van der Waals surface area (Å²) in [6.07, 6.45) is 3.35. The minimum Gasteiger partial charge on any atom is -0.471 e. The Hall–Kier alpha value is -1.40. The lowest BCUT2D eigenvalue weighted by atomic mass is 10.2. The highest BCUT2D eigenvalue weighted by atomic mass is 16.5. The molecule has 1 aromatic heterocycles. The first-order chi connectivity index (χ1) is 8.70. The van der Waals surface area contributed by atoms with Crippen LogP contribution in [0.3, 0.4) is 0 Å². The van der Waals surface area contributed by atoms with Gasteiger partial charge in [-0.1, -0.05) is 0 Å². The van der Waals surface area contributed by atoms with Gasteiger partial charge in [0.15, 0.2) is 0 Å². The molecule has 0 aliphatic carbocycles. The van der Waals surface area contributed by atoms with Crippen LogP contribution in [0.2, 0.25) is 0 Å². The first-order valence-electron chi connectivity index (χ1n) is 6.25. The molecule has 0 spiro atoms. The summed E-state index contributed by atoms with van der Waals surface area (Å²) in [4.78, 5) is 15.8. The number of hydrogen-bond donors (Lipinski definition) is 1. The molecule has 0 radical (unpaired) electrons. The van der Waals surface area contributed by atoms with E-state index in [9.17, 15) is 4.79 Å². The van der Waals surface area contributed by atoms with Crippen molar-refractivity contribution in [3.05, 3.63) is 22.7 Å². The van der Waals surface area contributed by atoms with Crippen LogP contribution in [0.25, 0.3) is 0 Å². The molecular weight excluding hydrogens is 234 g/mol. The van der Waals surface area contributed by atoms with Gasteiger partial charge >= 0.3 is 5.56 Å². The minimum absolute atomic E-state index is 0.0368. The first-order valence-corrected chi connectivity index (χ1v) is 6.25. The number of ether oxygens (including phenoxy) is 2. The van der Waals surface area contributed by atoms with Crippen LogP contribution < -0.4 is 15.6 Å². The topological polar surface area (TPSA) is 65.4 Å². The average Bonchev–Trinajstić information content (AvgIpc) is 2.38. The lowest BCUT2D eigenvalue weighted by Gasteiger charge is -2.28. The predicted octanol–water partition coefficient (Wildman–Crippen LogP) is 0.0189. The second-order valence-corrected chi connectivity index (χ2v) is 4.36. The molecule has 1 aliphatic heterocycles. The molecule has 6 nitrogen and oxygen atoms in total. The zero-order chi connectivity index (χ0) is 13.0. The molecule has 18 heavy (non-hydrogen) atoms. The third-order valence-corrected chi connectivity index (χ3v) is 2.86. The van der Waals surface area contributed by atoms with Crippen molar-refractivity contribution >= 4 is 0 Å². The van der Waals surface area contributed by atoms with E-state index in [0.29, 0.717) is 13.2 Å². The fraction of sp³-hybridized carbons (Fsp3) is 0.667. The summed E-state index contributed by atoms with van der Waals surface area (Å²) in [7, 11) is 0. The smallest absolute Gasteiger partial charge is 0.313 e. The minimum atomic E-state index is -0.197. The predicted molar refractivity (Wildman–Crippen MR) is 66.9 cm³/mol. The van der Waals surface area contributed by atoms with Crippen LogP contribution in [0.1, 0.15) is 13.8 Å². The number of rotatable bonds is 4. The van der Waals surface area contributed by atoms with Gasteiger partial charge in [0.25, 0.3) is 5.88 Å². The van der Waals surface area contributed by atoms with Crippen molar-refractivity contribution in [2.75, 3.05) is 19.7 Å². The van der Waals surface area contributed by atoms with Gasteiger partial charge in [0, 0.05) is 32.0 Å². The maximum absolute atomic E-state index is 11.9. The molecular formula is C12H19N3O3. The van der Waals surface area contributed by atoms with Gasteiger partial charge in [0.05, 0.1) is 6.10 Å². The second kappa shape index (κ2) is 5.97. The van der Waals surface area contributed by atoms with E-state index in [0.717, 1.165) is 13.1 Å². The van der Waals surface area contributed by atoms with E-state index in [2.05, 4.69) is 10.3 Å². The Labute approximate surface area is 106 Å². The van der Waals surface area contributed by atoms with Crippen molar-refractivity contribution in [1.29, 1.82) is 0 Å². The van der Waals surface area contributed by atoms with Crippen LogP contribution >= 0.6 is 0 Å². The Kier molecular flexibility index (Phi) is 4.33. The molecule has 1 N–H and O–H groups in total.